The maximum atomic E-state index is 13.6. The van der Waals surface area contributed by atoms with E-state index in [0.717, 1.165) is 12.1 Å². The summed E-state index contributed by atoms with van der Waals surface area (Å²) in [6.07, 6.45) is 1.21. The van der Waals surface area contributed by atoms with Gasteiger partial charge < -0.3 is 9.47 Å². The fourth-order valence-corrected chi connectivity index (χ4v) is 2.78. The molecule has 0 aliphatic rings. The molecule has 1 heterocycles. The van der Waals surface area contributed by atoms with Crippen LogP contribution in [0.25, 0.3) is 0 Å². The Bertz CT molecular complexity index is 767. The summed E-state index contributed by atoms with van der Waals surface area (Å²) in [4.78, 5) is 3.12. The first-order valence-electron chi connectivity index (χ1n) is 6.48. The lowest BCUT2D eigenvalue weighted by molar-refractivity contribution is 0.144. The van der Waals surface area contributed by atoms with Gasteiger partial charge in [-0.05, 0) is 24.3 Å². The number of anilines is 1. The number of rotatable bonds is 7. The number of sulfonamides is 1. The van der Waals surface area contributed by atoms with Crippen molar-refractivity contribution in [1.82, 2.24) is 4.98 Å². The Hall–Kier alpha value is -2.26. The molecule has 1 N–H and O–H groups in total. The molecule has 23 heavy (non-hydrogen) atoms. The van der Waals surface area contributed by atoms with Gasteiger partial charge in [0.25, 0.3) is 10.0 Å². The molecule has 9 heteroatoms. The van der Waals surface area contributed by atoms with Gasteiger partial charge in [-0.2, -0.15) is 0 Å². The molecule has 0 saturated heterocycles. The molecule has 0 atom stereocenters. The SMILES string of the molecule is COCCOc1ccc(NS(=O)(=O)c2cc(F)ccc2F)cn1. The van der Waals surface area contributed by atoms with Crippen molar-refractivity contribution in [1.29, 1.82) is 0 Å². The first-order chi connectivity index (χ1) is 10.9. The second-order valence-corrected chi connectivity index (χ2v) is 6.06. The number of benzene rings is 1. The molecular formula is C14H14F2N2O4S. The average molecular weight is 344 g/mol. The fourth-order valence-electron chi connectivity index (χ4n) is 1.65. The number of aromatic nitrogens is 1. The van der Waals surface area contributed by atoms with Crippen molar-refractivity contribution in [3.05, 3.63) is 48.2 Å². The lowest BCUT2D eigenvalue weighted by Gasteiger charge is -2.09. The van der Waals surface area contributed by atoms with Crippen molar-refractivity contribution in [2.45, 2.75) is 4.90 Å². The van der Waals surface area contributed by atoms with E-state index in [1.54, 1.807) is 0 Å². The number of hydrogen-bond acceptors (Lipinski definition) is 5. The summed E-state index contributed by atoms with van der Waals surface area (Å²) in [6.45, 7) is 0.679. The zero-order valence-electron chi connectivity index (χ0n) is 12.1. The van der Waals surface area contributed by atoms with Crippen LogP contribution < -0.4 is 9.46 Å². The molecular weight excluding hydrogens is 330 g/mol. The largest absolute Gasteiger partial charge is 0.475 e. The lowest BCUT2D eigenvalue weighted by atomic mass is 10.3. The molecule has 0 saturated carbocycles. The Labute approximate surface area is 132 Å². The number of pyridine rings is 1. The normalized spacial score (nSPS) is 11.3. The quantitative estimate of drug-likeness (QED) is 0.779. The smallest absolute Gasteiger partial charge is 0.264 e. The molecule has 0 aliphatic carbocycles. The summed E-state index contributed by atoms with van der Waals surface area (Å²) >= 11 is 0. The van der Waals surface area contributed by atoms with E-state index in [1.165, 1.54) is 25.4 Å². The maximum Gasteiger partial charge on any atom is 0.264 e. The monoisotopic (exact) mass is 344 g/mol. The molecule has 0 aliphatic heterocycles. The van der Waals surface area contributed by atoms with Crippen molar-refractivity contribution in [3.8, 4) is 5.88 Å². The van der Waals surface area contributed by atoms with Crippen molar-refractivity contribution in [2.24, 2.45) is 0 Å². The highest BCUT2D eigenvalue weighted by atomic mass is 32.2. The van der Waals surface area contributed by atoms with Crippen LogP contribution in [0.5, 0.6) is 5.88 Å². The number of halogens is 2. The van der Waals surface area contributed by atoms with Gasteiger partial charge in [0.2, 0.25) is 5.88 Å². The van der Waals surface area contributed by atoms with E-state index in [9.17, 15) is 17.2 Å². The summed E-state index contributed by atoms with van der Waals surface area (Å²) < 4.78 is 63.0. The first-order valence-corrected chi connectivity index (χ1v) is 7.96. The molecule has 1 aromatic carbocycles. The van der Waals surface area contributed by atoms with E-state index >= 15 is 0 Å². The van der Waals surface area contributed by atoms with Gasteiger partial charge in [-0.1, -0.05) is 0 Å². The molecule has 2 rings (SSSR count). The third-order valence-electron chi connectivity index (χ3n) is 2.71. The van der Waals surface area contributed by atoms with Crippen LogP contribution in [0.15, 0.2) is 41.4 Å². The molecule has 6 nitrogen and oxygen atoms in total. The molecule has 0 radical (unpaired) electrons. The molecule has 0 bridgehead atoms. The number of methoxy groups -OCH3 is 1. The Kier molecular flexibility index (Phi) is 5.45. The maximum absolute atomic E-state index is 13.6. The zero-order valence-corrected chi connectivity index (χ0v) is 12.9. The Balaban J connectivity index is 2.13. The van der Waals surface area contributed by atoms with Gasteiger partial charge >= 0.3 is 0 Å². The van der Waals surface area contributed by atoms with Crippen molar-refractivity contribution in [3.63, 3.8) is 0 Å². The molecule has 1 aromatic heterocycles. The number of nitrogens with zero attached hydrogens (tertiary/aromatic N) is 1. The second kappa shape index (κ2) is 7.34. The van der Waals surface area contributed by atoms with E-state index in [-0.39, 0.29) is 11.6 Å². The van der Waals surface area contributed by atoms with Gasteiger partial charge in [-0.15, -0.1) is 0 Å². The standard InChI is InChI=1S/C14H14F2N2O4S/c1-21-6-7-22-14-5-3-11(9-17-14)18-23(19,20)13-8-10(15)2-4-12(13)16/h2-5,8-9,18H,6-7H2,1H3. The van der Waals surface area contributed by atoms with Crippen LogP contribution in [0.4, 0.5) is 14.5 Å². The highest BCUT2D eigenvalue weighted by Crippen LogP contribution is 2.20. The van der Waals surface area contributed by atoms with Crippen molar-refractivity contribution < 1.29 is 26.7 Å². The van der Waals surface area contributed by atoms with Crippen LogP contribution in [0.3, 0.4) is 0 Å². The lowest BCUT2D eigenvalue weighted by Crippen LogP contribution is -2.15. The van der Waals surface area contributed by atoms with E-state index in [2.05, 4.69) is 9.71 Å². The molecule has 0 unspecified atom stereocenters. The first kappa shape index (κ1) is 17.1. The van der Waals surface area contributed by atoms with E-state index in [1.807, 2.05) is 0 Å². The Morgan fingerprint density at radius 2 is 1.96 bits per heavy atom. The number of ether oxygens (including phenoxy) is 2. The summed E-state index contributed by atoms with van der Waals surface area (Å²) in [5.74, 6) is -1.62. The van der Waals surface area contributed by atoms with Crippen molar-refractivity contribution in [2.75, 3.05) is 25.0 Å². The summed E-state index contributed by atoms with van der Waals surface area (Å²) in [5.41, 5.74) is 0.0905. The van der Waals surface area contributed by atoms with Crippen molar-refractivity contribution >= 4 is 15.7 Å². The fraction of sp³-hybridized carbons (Fsp3) is 0.214. The van der Waals surface area contributed by atoms with Gasteiger partial charge in [0.15, 0.2) is 0 Å². The highest BCUT2D eigenvalue weighted by molar-refractivity contribution is 7.92. The van der Waals surface area contributed by atoms with Gasteiger partial charge in [0.1, 0.15) is 23.1 Å². The van der Waals surface area contributed by atoms with Crippen LogP contribution in [0.1, 0.15) is 0 Å². The topological polar surface area (TPSA) is 77.5 Å². The second-order valence-electron chi connectivity index (χ2n) is 4.41. The van der Waals surface area contributed by atoms with Gasteiger partial charge in [0, 0.05) is 13.2 Å². The van der Waals surface area contributed by atoms with E-state index in [4.69, 9.17) is 9.47 Å². The van der Waals surface area contributed by atoms with Gasteiger partial charge in [0.05, 0.1) is 18.5 Å². The summed E-state index contributed by atoms with van der Waals surface area (Å²) in [5, 5.41) is 0. The van der Waals surface area contributed by atoms with Crippen LogP contribution in [0, 0.1) is 11.6 Å². The minimum Gasteiger partial charge on any atom is -0.475 e. The molecule has 124 valence electrons. The summed E-state index contributed by atoms with van der Waals surface area (Å²) in [6, 6.07) is 5.02. The average Bonchev–Trinajstić information content (AvgIpc) is 2.51. The Morgan fingerprint density at radius 1 is 1.17 bits per heavy atom. The Morgan fingerprint density at radius 3 is 2.61 bits per heavy atom. The highest BCUT2D eigenvalue weighted by Gasteiger charge is 2.20. The predicted molar refractivity (Wildman–Crippen MR) is 78.8 cm³/mol. The number of nitrogens with one attached hydrogen (secondary N) is 1. The van der Waals surface area contributed by atoms with Crippen LogP contribution in [0.2, 0.25) is 0 Å². The van der Waals surface area contributed by atoms with Gasteiger partial charge in [-0.3, -0.25) is 4.72 Å². The molecule has 0 spiro atoms. The molecule has 0 amide bonds. The third-order valence-corrected chi connectivity index (χ3v) is 4.11. The van der Waals surface area contributed by atoms with Crippen LogP contribution in [-0.4, -0.2) is 33.7 Å². The number of hydrogen-bond donors (Lipinski definition) is 1. The predicted octanol–water partition coefficient (Wildman–Crippen LogP) is 2.19. The van der Waals surface area contributed by atoms with E-state index < -0.39 is 26.6 Å². The van der Waals surface area contributed by atoms with E-state index in [0.29, 0.717) is 19.3 Å². The molecule has 0 fully saturated rings. The van der Waals surface area contributed by atoms with Gasteiger partial charge in [-0.25, -0.2) is 22.2 Å². The minimum atomic E-state index is -4.27. The zero-order chi connectivity index (χ0) is 16.9. The summed E-state index contributed by atoms with van der Waals surface area (Å²) in [7, 11) is -2.74. The van der Waals surface area contributed by atoms with Crippen LogP contribution >= 0.6 is 0 Å². The third kappa shape index (κ3) is 4.60. The van der Waals surface area contributed by atoms with Crippen LogP contribution in [-0.2, 0) is 14.8 Å². The molecule has 2 aromatic rings. The minimum absolute atomic E-state index is 0.0905.